The van der Waals surface area contributed by atoms with Crippen LogP contribution in [0.4, 0.5) is 17.1 Å². The lowest BCUT2D eigenvalue weighted by molar-refractivity contribution is -0.384. The van der Waals surface area contributed by atoms with Crippen LogP contribution in [0.5, 0.6) is 0 Å². The highest BCUT2D eigenvalue weighted by atomic mass is 16.6. The molecule has 0 unspecified atom stereocenters. The Balaban J connectivity index is 3.06. The van der Waals surface area contributed by atoms with E-state index in [2.05, 4.69) is 10.6 Å². The maximum Gasteiger partial charge on any atom is 0.273 e. The second-order valence-electron chi connectivity index (χ2n) is 4.49. The van der Waals surface area contributed by atoms with Crippen LogP contribution in [0.2, 0.25) is 0 Å². The van der Waals surface area contributed by atoms with E-state index in [0.717, 1.165) is 0 Å². The Bertz CT molecular complexity index is 505. The Labute approximate surface area is 124 Å². The monoisotopic (exact) mass is 294 g/mol. The molecular formula is C14H22N4O3. The van der Waals surface area contributed by atoms with E-state index in [1.165, 1.54) is 12.1 Å². The molecule has 0 aliphatic rings. The van der Waals surface area contributed by atoms with Crippen molar-refractivity contribution in [1.82, 2.24) is 5.32 Å². The lowest BCUT2D eigenvalue weighted by atomic mass is 10.2. The predicted molar refractivity (Wildman–Crippen MR) is 83.8 cm³/mol. The van der Waals surface area contributed by atoms with Gasteiger partial charge in [0.25, 0.3) is 5.69 Å². The third-order valence-corrected chi connectivity index (χ3v) is 2.95. The van der Waals surface area contributed by atoms with Crippen molar-refractivity contribution in [2.75, 3.05) is 36.4 Å². The zero-order chi connectivity index (χ0) is 15.8. The molecule has 2 N–H and O–H groups in total. The zero-order valence-corrected chi connectivity index (χ0v) is 12.7. The molecule has 1 rings (SSSR count). The topological polar surface area (TPSA) is 87.5 Å². The zero-order valence-electron chi connectivity index (χ0n) is 12.7. The summed E-state index contributed by atoms with van der Waals surface area (Å²) >= 11 is 0. The Morgan fingerprint density at radius 1 is 1.24 bits per heavy atom. The molecule has 21 heavy (non-hydrogen) atoms. The number of amides is 1. The summed E-state index contributed by atoms with van der Waals surface area (Å²) < 4.78 is 0. The number of hydrogen-bond donors (Lipinski definition) is 2. The first-order chi connectivity index (χ1) is 10.0. The molecule has 7 heteroatoms. The third kappa shape index (κ3) is 4.94. The molecule has 0 atom stereocenters. The van der Waals surface area contributed by atoms with E-state index in [0.29, 0.717) is 31.0 Å². The van der Waals surface area contributed by atoms with Gasteiger partial charge in [-0.25, -0.2) is 0 Å². The summed E-state index contributed by atoms with van der Waals surface area (Å²) in [6.07, 6.45) is 0. The average Bonchev–Trinajstić information content (AvgIpc) is 2.45. The molecule has 0 heterocycles. The van der Waals surface area contributed by atoms with Crippen molar-refractivity contribution in [2.24, 2.45) is 0 Å². The van der Waals surface area contributed by atoms with Crippen molar-refractivity contribution in [2.45, 2.75) is 20.8 Å². The van der Waals surface area contributed by atoms with Crippen LogP contribution in [0.3, 0.4) is 0 Å². The van der Waals surface area contributed by atoms with Crippen molar-refractivity contribution in [1.29, 1.82) is 0 Å². The molecule has 1 aromatic carbocycles. The smallest absolute Gasteiger partial charge is 0.273 e. The molecule has 0 saturated heterocycles. The molecule has 0 spiro atoms. The fourth-order valence-corrected chi connectivity index (χ4v) is 2.00. The molecule has 0 aliphatic carbocycles. The van der Waals surface area contributed by atoms with Crippen LogP contribution >= 0.6 is 0 Å². The van der Waals surface area contributed by atoms with Gasteiger partial charge in [0.1, 0.15) is 0 Å². The van der Waals surface area contributed by atoms with Crippen molar-refractivity contribution in [3.63, 3.8) is 0 Å². The summed E-state index contributed by atoms with van der Waals surface area (Å²) in [5.41, 5.74) is 1.35. The first kappa shape index (κ1) is 16.7. The lowest BCUT2D eigenvalue weighted by Gasteiger charge is -2.23. The Kier molecular flexibility index (Phi) is 6.45. The van der Waals surface area contributed by atoms with Crippen molar-refractivity contribution in [3.05, 3.63) is 28.3 Å². The number of rotatable bonds is 8. The van der Waals surface area contributed by atoms with Gasteiger partial charge in [0.15, 0.2) is 0 Å². The summed E-state index contributed by atoms with van der Waals surface area (Å²) in [6, 6.07) is 4.80. The molecule has 0 aromatic heterocycles. The van der Waals surface area contributed by atoms with Gasteiger partial charge in [-0.3, -0.25) is 14.9 Å². The van der Waals surface area contributed by atoms with Gasteiger partial charge in [-0.2, -0.15) is 0 Å². The van der Waals surface area contributed by atoms with E-state index in [9.17, 15) is 14.9 Å². The van der Waals surface area contributed by atoms with Crippen LogP contribution in [0.1, 0.15) is 20.8 Å². The van der Waals surface area contributed by atoms with Crippen molar-refractivity contribution < 1.29 is 9.72 Å². The first-order valence-corrected chi connectivity index (χ1v) is 7.06. The van der Waals surface area contributed by atoms with Gasteiger partial charge in [-0.1, -0.05) is 0 Å². The molecule has 0 aliphatic heterocycles. The van der Waals surface area contributed by atoms with Gasteiger partial charge < -0.3 is 15.5 Å². The summed E-state index contributed by atoms with van der Waals surface area (Å²) in [6.45, 7) is 7.68. The SMILES string of the molecule is CCNC(=O)CN(CC)c1cc(NCC)cc([N+](=O)[O-])c1. The molecule has 0 radical (unpaired) electrons. The molecule has 0 saturated carbocycles. The van der Waals surface area contributed by atoms with Crippen LogP contribution in [0, 0.1) is 10.1 Å². The fraction of sp³-hybridized carbons (Fsp3) is 0.500. The molecule has 116 valence electrons. The second-order valence-corrected chi connectivity index (χ2v) is 4.49. The quantitative estimate of drug-likeness (QED) is 0.565. The number of carbonyl (C=O) groups excluding carboxylic acids is 1. The predicted octanol–water partition coefficient (Wildman–Crippen LogP) is 1.99. The molecule has 1 aromatic rings. The van der Waals surface area contributed by atoms with Crippen LogP contribution in [0.15, 0.2) is 18.2 Å². The number of nitro benzene ring substituents is 1. The summed E-state index contributed by atoms with van der Waals surface area (Å²) in [5, 5.41) is 16.8. The van der Waals surface area contributed by atoms with E-state index < -0.39 is 4.92 Å². The van der Waals surface area contributed by atoms with Crippen LogP contribution in [0.25, 0.3) is 0 Å². The molecule has 0 fully saturated rings. The highest BCUT2D eigenvalue weighted by molar-refractivity contribution is 5.82. The lowest BCUT2D eigenvalue weighted by Crippen LogP contribution is -2.37. The van der Waals surface area contributed by atoms with Gasteiger partial charge in [-0.15, -0.1) is 0 Å². The number of nitro groups is 1. The van der Waals surface area contributed by atoms with Gasteiger partial charge in [0, 0.05) is 43.1 Å². The van der Waals surface area contributed by atoms with Gasteiger partial charge in [-0.05, 0) is 26.8 Å². The van der Waals surface area contributed by atoms with Gasteiger partial charge >= 0.3 is 0 Å². The van der Waals surface area contributed by atoms with Crippen LogP contribution < -0.4 is 15.5 Å². The molecule has 0 bridgehead atoms. The standard InChI is InChI=1S/C14H22N4O3/c1-4-15-11-7-12(9-13(8-11)18(20)21)17(6-3)10-14(19)16-5-2/h7-9,15H,4-6,10H2,1-3H3,(H,16,19). The number of anilines is 2. The molecule has 1 amide bonds. The van der Waals surface area contributed by atoms with E-state index in [4.69, 9.17) is 0 Å². The molecular weight excluding hydrogens is 272 g/mol. The van der Waals surface area contributed by atoms with Crippen molar-refractivity contribution >= 4 is 23.0 Å². The fourth-order valence-electron chi connectivity index (χ4n) is 2.00. The first-order valence-electron chi connectivity index (χ1n) is 7.06. The van der Waals surface area contributed by atoms with E-state index in [1.54, 1.807) is 4.90 Å². The van der Waals surface area contributed by atoms with Gasteiger partial charge in [0.2, 0.25) is 5.91 Å². The largest absolute Gasteiger partial charge is 0.385 e. The Hall–Kier alpha value is -2.31. The minimum absolute atomic E-state index is 0.0119. The van der Waals surface area contributed by atoms with Crippen LogP contribution in [-0.2, 0) is 4.79 Å². The second kappa shape index (κ2) is 8.08. The maximum atomic E-state index is 11.7. The summed E-state index contributed by atoms with van der Waals surface area (Å²) in [5.74, 6) is -0.101. The number of non-ortho nitro benzene ring substituents is 1. The number of nitrogens with one attached hydrogen (secondary N) is 2. The minimum Gasteiger partial charge on any atom is -0.385 e. The van der Waals surface area contributed by atoms with Crippen molar-refractivity contribution in [3.8, 4) is 0 Å². The van der Waals surface area contributed by atoms with Crippen LogP contribution in [-0.4, -0.2) is 37.0 Å². The molecule has 7 nitrogen and oxygen atoms in total. The number of benzene rings is 1. The Morgan fingerprint density at radius 2 is 1.95 bits per heavy atom. The number of likely N-dealkylation sites (N-methyl/N-ethyl adjacent to an activating group) is 2. The summed E-state index contributed by atoms with van der Waals surface area (Å²) in [7, 11) is 0. The summed E-state index contributed by atoms with van der Waals surface area (Å²) in [4.78, 5) is 24.1. The van der Waals surface area contributed by atoms with E-state index in [1.807, 2.05) is 26.8 Å². The number of nitrogens with zero attached hydrogens (tertiary/aromatic N) is 2. The normalized spacial score (nSPS) is 10.0. The third-order valence-electron chi connectivity index (χ3n) is 2.95. The van der Waals surface area contributed by atoms with E-state index in [-0.39, 0.29) is 18.1 Å². The maximum absolute atomic E-state index is 11.7. The number of hydrogen-bond acceptors (Lipinski definition) is 5. The highest BCUT2D eigenvalue weighted by Gasteiger charge is 2.15. The van der Waals surface area contributed by atoms with E-state index >= 15 is 0 Å². The number of carbonyl (C=O) groups is 1. The Morgan fingerprint density at radius 3 is 2.48 bits per heavy atom. The highest BCUT2D eigenvalue weighted by Crippen LogP contribution is 2.27. The minimum atomic E-state index is -0.426. The average molecular weight is 294 g/mol. The van der Waals surface area contributed by atoms with Gasteiger partial charge in [0.05, 0.1) is 11.5 Å².